The van der Waals surface area contributed by atoms with Gasteiger partial charge in [0.05, 0.1) is 0 Å². The molecule has 1 aromatic carbocycles. The van der Waals surface area contributed by atoms with Crippen molar-refractivity contribution in [2.45, 2.75) is 32.7 Å². The SMILES string of the molecule is CC(C)(C)c1ccccc1NC(=O)Cn1cnc(C#N)n1. The Bertz CT molecular complexity index is 691. The fourth-order valence-corrected chi connectivity index (χ4v) is 2.01. The second-order valence-corrected chi connectivity index (χ2v) is 5.72. The third-order valence-electron chi connectivity index (χ3n) is 2.95. The molecule has 1 N–H and O–H groups in total. The lowest BCUT2D eigenvalue weighted by atomic mass is 9.86. The maximum absolute atomic E-state index is 12.1. The number of carbonyl (C=O) groups excluding carboxylic acids is 1. The van der Waals surface area contributed by atoms with Crippen LogP contribution in [0.15, 0.2) is 30.6 Å². The van der Waals surface area contributed by atoms with Crippen LogP contribution in [-0.2, 0) is 16.8 Å². The van der Waals surface area contributed by atoms with Gasteiger partial charge in [-0.3, -0.25) is 4.79 Å². The van der Waals surface area contributed by atoms with Crippen LogP contribution in [0.25, 0.3) is 0 Å². The summed E-state index contributed by atoms with van der Waals surface area (Å²) in [4.78, 5) is 15.8. The number of para-hydroxylation sites is 1. The van der Waals surface area contributed by atoms with Gasteiger partial charge in [-0.25, -0.2) is 9.67 Å². The number of amides is 1. The number of hydrogen-bond donors (Lipinski definition) is 1. The van der Waals surface area contributed by atoms with E-state index >= 15 is 0 Å². The van der Waals surface area contributed by atoms with Crippen molar-refractivity contribution in [1.82, 2.24) is 14.8 Å². The first-order chi connectivity index (χ1) is 9.90. The molecule has 0 saturated carbocycles. The van der Waals surface area contributed by atoms with E-state index in [4.69, 9.17) is 5.26 Å². The van der Waals surface area contributed by atoms with Crippen molar-refractivity contribution < 1.29 is 4.79 Å². The topological polar surface area (TPSA) is 83.6 Å². The Morgan fingerprint density at radius 1 is 1.38 bits per heavy atom. The van der Waals surface area contributed by atoms with Crippen molar-refractivity contribution in [3.63, 3.8) is 0 Å². The lowest BCUT2D eigenvalue weighted by Gasteiger charge is -2.22. The number of nitrogens with one attached hydrogen (secondary N) is 1. The fourth-order valence-electron chi connectivity index (χ4n) is 2.01. The molecular formula is C15H17N5O. The highest BCUT2D eigenvalue weighted by Crippen LogP contribution is 2.29. The summed E-state index contributed by atoms with van der Waals surface area (Å²) >= 11 is 0. The molecule has 1 aromatic heterocycles. The fraction of sp³-hybridized carbons (Fsp3) is 0.333. The number of nitrogens with zero attached hydrogens (tertiary/aromatic N) is 4. The summed E-state index contributed by atoms with van der Waals surface area (Å²) in [6, 6.07) is 9.53. The Labute approximate surface area is 123 Å². The van der Waals surface area contributed by atoms with E-state index in [1.807, 2.05) is 30.3 Å². The van der Waals surface area contributed by atoms with Gasteiger partial charge in [0.2, 0.25) is 5.91 Å². The van der Waals surface area contributed by atoms with Gasteiger partial charge < -0.3 is 5.32 Å². The largest absolute Gasteiger partial charge is 0.324 e. The standard InChI is InChI=1S/C15H17N5O/c1-15(2,3)11-6-4-5-7-12(11)18-14(21)9-20-10-17-13(8-16)19-20/h4-7,10H,9H2,1-3H3,(H,18,21). The van der Waals surface area contributed by atoms with Gasteiger partial charge in [0.1, 0.15) is 18.9 Å². The Hall–Kier alpha value is -2.68. The molecule has 0 fully saturated rings. The predicted molar refractivity (Wildman–Crippen MR) is 78.5 cm³/mol. The van der Waals surface area contributed by atoms with Crippen LogP contribution in [0, 0.1) is 11.3 Å². The molecule has 21 heavy (non-hydrogen) atoms. The van der Waals surface area contributed by atoms with Crippen LogP contribution in [0.5, 0.6) is 0 Å². The van der Waals surface area contributed by atoms with E-state index in [2.05, 4.69) is 36.2 Å². The van der Waals surface area contributed by atoms with Crippen molar-refractivity contribution >= 4 is 11.6 Å². The number of aromatic nitrogens is 3. The summed E-state index contributed by atoms with van der Waals surface area (Å²) in [5.41, 5.74) is 1.79. The number of benzene rings is 1. The molecule has 0 radical (unpaired) electrons. The normalized spacial score (nSPS) is 11.0. The van der Waals surface area contributed by atoms with Crippen LogP contribution in [0.2, 0.25) is 0 Å². The maximum atomic E-state index is 12.1. The number of anilines is 1. The number of rotatable bonds is 3. The van der Waals surface area contributed by atoms with Gasteiger partial charge in [-0.1, -0.05) is 39.0 Å². The Morgan fingerprint density at radius 2 is 2.10 bits per heavy atom. The van der Waals surface area contributed by atoms with Crippen LogP contribution in [0.4, 0.5) is 5.69 Å². The van der Waals surface area contributed by atoms with Gasteiger partial charge in [0, 0.05) is 5.69 Å². The van der Waals surface area contributed by atoms with Gasteiger partial charge in [0.15, 0.2) is 0 Å². The van der Waals surface area contributed by atoms with Crippen LogP contribution < -0.4 is 5.32 Å². The molecule has 0 aliphatic rings. The third kappa shape index (κ3) is 3.66. The van der Waals surface area contributed by atoms with Crippen LogP contribution in [0.1, 0.15) is 32.2 Å². The number of carbonyl (C=O) groups is 1. The Kier molecular flexibility index (Phi) is 4.03. The van der Waals surface area contributed by atoms with E-state index in [0.29, 0.717) is 0 Å². The minimum absolute atomic E-state index is 0.0210. The molecule has 6 nitrogen and oxygen atoms in total. The van der Waals surface area contributed by atoms with Crippen molar-refractivity contribution in [3.05, 3.63) is 42.0 Å². The van der Waals surface area contributed by atoms with E-state index in [-0.39, 0.29) is 23.7 Å². The van der Waals surface area contributed by atoms with Crippen molar-refractivity contribution in [2.24, 2.45) is 0 Å². The Balaban J connectivity index is 2.12. The summed E-state index contributed by atoms with van der Waals surface area (Å²) in [6.07, 6.45) is 1.37. The number of nitriles is 1. The quantitative estimate of drug-likeness (QED) is 0.934. The van der Waals surface area contributed by atoms with Crippen molar-refractivity contribution in [2.75, 3.05) is 5.32 Å². The third-order valence-corrected chi connectivity index (χ3v) is 2.95. The summed E-state index contributed by atoms with van der Waals surface area (Å²) in [5.74, 6) is -0.154. The molecule has 0 atom stereocenters. The monoisotopic (exact) mass is 283 g/mol. The molecule has 0 aliphatic carbocycles. The highest BCUT2D eigenvalue weighted by molar-refractivity contribution is 5.91. The van der Waals surface area contributed by atoms with Crippen LogP contribution in [0.3, 0.4) is 0 Å². The van der Waals surface area contributed by atoms with Gasteiger partial charge in [-0.2, -0.15) is 5.26 Å². The summed E-state index contributed by atoms with van der Waals surface area (Å²) < 4.78 is 1.34. The molecule has 2 rings (SSSR count). The van der Waals surface area contributed by atoms with Crippen LogP contribution >= 0.6 is 0 Å². The van der Waals surface area contributed by atoms with Gasteiger partial charge in [-0.15, -0.1) is 5.10 Å². The average molecular weight is 283 g/mol. The van der Waals surface area contributed by atoms with E-state index in [9.17, 15) is 4.79 Å². The lowest BCUT2D eigenvalue weighted by Crippen LogP contribution is -2.22. The molecule has 0 unspecified atom stereocenters. The molecule has 0 spiro atoms. The molecule has 1 heterocycles. The highest BCUT2D eigenvalue weighted by atomic mass is 16.2. The number of hydrogen-bond acceptors (Lipinski definition) is 4. The predicted octanol–water partition coefficient (Wildman–Crippen LogP) is 2.09. The molecule has 0 bridgehead atoms. The molecular weight excluding hydrogens is 266 g/mol. The zero-order valence-electron chi connectivity index (χ0n) is 12.3. The highest BCUT2D eigenvalue weighted by Gasteiger charge is 2.18. The molecule has 0 saturated heterocycles. The molecule has 108 valence electrons. The second kappa shape index (κ2) is 5.75. The minimum Gasteiger partial charge on any atom is -0.324 e. The van der Waals surface area contributed by atoms with Gasteiger partial charge >= 0.3 is 0 Å². The van der Waals surface area contributed by atoms with E-state index in [0.717, 1.165) is 11.3 Å². The molecule has 0 aliphatic heterocycles. The maximum Gasteiger partial charge on any atom is 0.252 e. The lowest BCUT2D eigenvalue weighted by molar-refractivity contribution is -0.116. The first-order valence-corrected chi connectivity index (χ1v) is 6.59. The zero-order valence-corrected chi connectivity index (χ0v) is 12.3. The average Bonchev–Trinajstić information content (AvgIpc) is 2.85. The first-order valence-electron chi connectivity index (χ1n) is 6.59. The Morgan fingerprint density at radius 3 is 2.71 bits per heavy atom. The van der Waals surface area contributed by atoms with E-state index in [1.165, 1.54) is 11.0 Å². The smallest absolute Gasteiger partial charge is 0.252 e. The molecule has 6 heteroatoms. The van der Waals surface area contributed by atoms with Gasteiger partial charge in [-0.05, 0) is 17.0 Å². The van der Waals surface area contributed by atoms with E-state index in [1.54, 1.807) is 0 Å². The summed E-state index contributed by atoms with van der Waals surface area (Å²) in [5, 5.41) is 15.4. The minimum atomic E-state index is -0.207. The van der Waals surface area contributed by atoms with Crippen molar-refractivity contribution in [1.29, 1.82) is 5.26 Å². The van der Waals surface area contributed by atoms with Crippen molar-refractivity contribution in [3.8, 4) is 6.07 Å². The summed E-state index contributed by atoms with van der Waals surface area (Å²) in [6.45, 7) is 6.30. The van der Waals surface area contributed by atoms with Crippen LogP contribution in [-0.4, -0.2) is 20.7 Å². The molecule has 1 amide bonds. The summed E-state index contributed by atoms with van der Waals surface area (Å²) in [7, 11) is 0. The van der Waals surface area contributed by atoms with E-state index < -0.39 is 0 Å². The first kappa shape index (κ1) is 14.7. The molecule has 2 aromatic rings. The zero-order chi connectivity index (χ0) is 15.5. The van der Waals surface area contributed by atoms with Gasteiger partial charge in [0.25, 0.3) is 5.82 Å². The second-order valence-electron chi connectivity index (χ2n) is 5.72.